The number of rotatable bonds is 5. The van der Waals surface area contributed by atoms with Gasteiger partial charge in [0.25, 0.3) is 5.91 Å². The molecule has 0 radical (unpaired) electrons. The summed E-state index contributed by atoms with van der Waals surface area (Å²) in [5.41, 5.74) is 8.11. The van der Waals surface area contributed by atoms with Gasteiger partial charge in [-0.2, -0.15) is 14.7 Å². The summed E-state index contributed by atoms with van der Waals surface area (Å²) >= 11 is 0. The van der Waals surface area contributed by atoms with E-state index in [1.54, 1.807) is 17.3 Å². The van der Waals surface area contributed by atoms with Crippen LogP contribution < -0.4 is 5.73 Å². The van der Waals surface area contributed by atoms with Crippen molar-refractivity contribution in [3.8, 4) is 22.4 Å². The minimum absolute atomic E-state index is 0.0331. The number of aromatic amines is 1. The van der Waals surface area contributed by atoms with E-state index in [1.165, 1.54) is 10.8 Å². The highest BCUT2D eigenvalue weighted by molar-refractivity contribution is 7.91. The SMILES string of the molecule is CS(=O)(=O)c1c(C2(O)C[C@H]3CC[C@H](C2)N3C(=O)c2ncn[nH]2)nc2c(-c3ccc(-c4ccccc4)nc3)cnn2c1N. The van der Waals surface area contributed by atoms with Crippen molar-refractivity contribution in [3.05, 3.63) is 72.7 Å². The molecule has 2 fully saturated rings. The monoisotopic (exact) mass is 585 g/mol. The molecule has 2 aliphatic heterocycles. The molecule has 0 spiro atoms. The number of nitrogen functional groups attached to an aromatic ring is 1. The summed E-state index contributed by atoms with van der Waals surface area (Å²) in [5.74, 6) is -0.329. The number of piperidine rings is 1. The number of hydrogen-bond acceptors (Lipinski definition) is 10. The molecule has 1 amide bonds. The van der Waals surface area contributed by atoms with Crippen LogP contribution in [0.2, 0.25) is 0 Å². The molecule has 13 nitrogen and oxygen atoms in total. The average Bonchev–Trinajstić information content (AvgIpc) is 3.72. The van der Waals surface area contributed by atoms with Gasteiger partial charge in [0.1, 0.15) is 22.6 Å². The first-order valence-corrected chi connectivity index (χ1v) is 15.3. The summed E-state index contributed by atoms with van der Waals surface area (Å²) in [6.07, 6.45) is 7.03. The van der Waals surface area contributed by atoms with Crippen LogP contribution in [-0.2, 0) is 15.4 Å². The number of hydrogen-bond donors (Lipinski definition) is 3. The molecule has 4 aromatic heterocycles. The lowest BCUT2D eigenvalue weighted by Gasteiger charge is -2.43. The van der Waals surface area contributed by atoms with Crippen LogP contribution in [-0.4, -0.2) is 77.4 Å². The number of carbonyl (C=O) groups excluding carboxylic acids is 1. The second-order valence-electron chi connectivity index (χ2n) is 10.9. The van der Waals surface area contributed by atoms with Gasteiger partial charge in [-0.1, -0.05) is 36.4 Å². The number of nitrogens with zero attached hydrogens (tertiary/aromatic N) is 7. The Kier molecular flexibility index (Phi) is 5.88. The number of aliphatic hydroxyl groups is 1. The van der Waals surface area contributed by atoms with Crippen molar-refractivity contribution in [1.29, 1.82) is 0 Å². The zero-order valence-electron chi connectivity index (χ0n) is 22.5. The van der Waals surface area contributed by atoms with Gasteiger partial charge in [-0.05, 0) is 18.9 Å². The lowest BCUT2D eigenvalue weighted by atomic mass is 9.83. The molecule has 7 rings (SSSR count). The van der Waals surface area contributed by atoms with Crippen LogP contribution in [0.25, 0.3) is 28.0 Å². The Balaban J connectivity index is 1.32. The molecule has 0 saturated carbocycles. The van der Waals surface area contributed by atoms with Crippen molar-refractivity contribution < 1.29 is 18.3 Å². The van der Waals surface area contributed by atoms with Crippen LogP contribution >= 0.6 is 0 Å². The van der Waals surface area contributed by atoms with E-state index < -0.39 is 15.4 Å². The molecule has 14 heteroatoms. The number of sulfone groups is 1. The molecule has 4 N–H and O–H groups in total. The minimum Gasteiger partial charge on any atom is -0.383 e. The maximum Gasteiger partial charge on any atom is 0.291 e. The van der Waals surface area contributed by atoms with Crippen molar-refractivity contribution in [3.63, 3.8) is 0 Å². The lowest BCUT2D eigenvalue weighted by molar-refractivity contribution is -0.0529. The van der Waals surface area contributed by atoms with Crippen LogP contribution in [0.1, 0.15) is 42.0 Å². The highest BCUT2D eigenvalue weighted by Crippen LogP contribution is 2.48. The van der Waals surface area contributed by atoms with Crippen LogP contribution in [0.5, 0.6) is 0 Å². The Morgan fingerprint density at radius 3 is 2.40 bits per heavy atom. The van der Waals surface area contributed by atoms with Crippen molar-refractivity contribution in [2.45, 2.75) is 48.3 Å². The summed E-state index contributed by atoms with van der Waals surface area (Å²) in [7, 11) is -3.94. The predicted molar refractivity (Wildman–Crippen MR) is 152 cm³/mol. The number of anilines is 1. The number of carbonyl (C=O) groups is 1. The summed E-state index contributed by atoms with van der Waals surface area (Å²) in [6.45, 7) is 0. The largest absolute Gasteiger partial charge is 0.383 e. The van der Waals surface area contributed by atoms with Gasteiger partial charge >= 0.3 is 0 Å². The fraction of sp³-hybridized carbons (Fsp3) is 0.286. The third-order valence-corrected chi connectivity index (χ3v) is 9.36. The normalized spacial score (nSPS) is 22.1. The number of fused-ring (bicyclic) bond motifs is 3. The van der Waals surface area contributed by atoms with Crippen LogP contribution in [0.4, 0.5) is 5.82 Å². The molecular weight excluding hydrogens is 558 g/mol. The van der Waals surface area contributed by atoms with Gasteiger partial charge in [-0.15, -0.1) is 0 Å². The maximum absolute atomic E-state index is 13.2. The number of nitrogens with two attached hydrogens (primary N) is 1. The number of benzene rings is 1. The summed E-state index contributed by atoms with van der Waals surface area (Å²) in [6, 6.07) is 12.8. The van der Waals surface area contributed by atoms with E-state index in [1.807, 2.05) is 42.5 Å². The van der Waals surface area contributed by atoms with Gasteiger partial charge in [0.15, 0.2) is 15.5 Å². The van der Waals surface area contributed by atoms with Crippen LogP contribution in [0.3, 0.4) is 0 Å². The number of H-pyrrole nitrogens is 1. The Bertz CT molecular complexity index is 1910. The van der Waals surface area contributed by atoms with E-state index in [2.05, 4.69) is 25.3 Å². The molecule has 2 aliphatic rings. The molecule has 0 aliphatic carbocycles. The highest BCUT2D eigenvalue weighted by Gasteiger charge is 2.53. The van der Waals surface area contributed by atoms with Gasteiger partial charge in [0, 0.05) is 54.1 Å². The first kappa shape index (κ1) is 26.2. The Labute approximate surface area is 240 Å². The molecule has 2 bridgehead atoms. The van der Waals surface area contributed by atoms with Crippen molar-refractivity contribution >= 4 is 27.2 Å². The minimum atomic E-state index is -3.94. The van der Waals surface area contributed by atoms with Gasteiger partial charge < -0.3 is 15.7 Å². The third kappa shape index (κ3) is 4.13. The Morgan fingerprint density at radius 2 is 1.79 bits per heavy atom. The number of aromatic nitrogens is 7. The van der Waals surface area contributed by atoms with E-state index in [4.69, 9.17) is 10.7 Å². The van der Waals surface area contributed by atoms with E-state index in [-0.39, 0.29) is 53.1 Å². The highest BCUT2D eigenvalue weighted by atomic mass is 32.2. The number of pyridine rings is 1. The van der Waals surface area contributed by atoms with Gasteiger partial charge in [0.2, 0.25) is 5.82 Å². The van der Waals surface area contributed by atoms with Gasteiger partial charge in [-0.3, -0.25) is 14.9 Å². The molecule has 0 unspecified atom stereocenters. The standard InChI is InChI=1S/C28H27N9O4S/c1-42(40,41)22-23(28(39)11-18-8-9-19(12-28)36(18)27(38)25-31-15-32-35-25)34-26-20(14-33-37(26)24(22)29)17-7-10-21(30-13-17)16-5-3-2-4-6-16/h2-7,10,13-15,18-19,39H,8-9,11-12,29H2,1H3,(H,31,32,35)/t18-,19-/m1/s1. The second-order valence-corrected chi connectivity index (χ2v) is 12.9. The van der Waals surface area contributed by atoms with Gasteiger partial charge in [-0.25, -0.2) is 18.4 Å². The molecule has 2 saturated heterocycles. The molecule has 1 aromatic carbocycles. The van der Waals surface area contributed by atoms with Crippen molar-refractivity contribution in [2.75, 3.05) is 12.0 Å². The molecule has 214 valence electrons. The quantitative estimate of drug-likeness (QED) is 0.276. The molecule has 5 aromatic rings. The van der Waals surface area contributed by atoms with E-state index in [0.29, 0.717) is 29.6 Å². The van der Waals surface area contributed by atoms with Crippen LogP contribution in [0, 0.1) is 0 Å². The number of nitrogens with one attached hydrogen (secondary N) is 1. The Hall–Kier alpha value is -4.69. The smallest absolute Gasteiger partial charge is 0.291 e. The second kappa shape index (κ2) is 9.42. The van der Waals surface area contributed by atoms with Crippen molar-refractivity contribution in [2.24, 2.45) is 0 Å². The van der Waals surface area contributed by atoms with E-state index in [0.717, 1.165) is 17.5 Å². The fourth-order valence-electron chi connectivity index (χ4n) is 6.40. The lowest BCUT2D eigenvalue weighted by Crippen LogP contribution is -2.52. The number of amides is 1. The van der Waals surface area contributed by atoms with E-state index >= 15 is 0 Å². The molecule has 2 atom stereocenters. The average molecular weight is 586 g/mol. The summed E-state index contributed by atoms with van der Waals surface area (Å²) in [5, 5.41) is 22.9. The first-order valence-electron chi connectivity index (χ1n) is 13.4. The zero-order valence-corrected chi connectivity index (χ0v) is 23.4. The van der Waals surface area contributed by atoms with Gasteiger partial charge in [0.05, 0.1) is 17.6 Å². The van der Waals surface area contributed by atoms with Crippen molar-refractivity contribution in [1.82, 2.24) is 39.7 Å². The van der Waals surface area contributed by atoms with Crippen LogP contribution in [0.15, 0.2) is 66.1 Å². The van der Waals surface area contributed by atoms with E-state index in [9.17, 15) is 18.3 Å². The molecule has 6 heterocycles. The maximum atomic E-state index is 13.2. The summed E-state index contributed by atoms with van der Waals surface area (Å²) < 4.78 is 27.5. The first-order chi connectivity index (χ1) is 20.1. The Morgan fingerprint density at radius 1 is 1.05 bits per heavy atom. The summed E-state index contributed by atoms with van der Waals surface area (Å²) in [4.78, 5) is 28.0. The predicted octanol–water partition coefficient (Wildman–Crippen LogP) is 2.22. The fourth-order valence-corrected chi connectivity index (χ4v) is 7.45. The third-order valence-electron chi connectivity index (χ3n) is 8.21. The topological polar surface area (TPSA) is 185 Å². The molecule has 42 heavy (non-hydrogen) atoms. The molecular formula is C28H27N9O4S. The zero-order chi connectivity index (χ0) is 29.2.